The molecule has 0 aliphatic carbocycles. The summed E-state index contributed by atoms with van der Waals surface area (Å²) in [5.74, 6) is 0.524. The molecular formula is C11H17NO2. The number of anilines is 1. The van der Waals surface area contributed by atoms with Crippen molar-refractivity contribution in [3.05, 3.63) is 23.8 Å². The minimum atomic E-state index is -0.0425. The van der Waals surface area contributed by atoms with Crippen LogP contribution in [0.15, 0.2) is 18.2 Å². The molecule has 0 fully saturated rings. The number of Topliss-reactive ketones (excluding diaryl/α,β-unsaturated/α-hetero) is 1. The highest BCUT2D eigenvalue weighted by Gasteiger charge is 2.06. The predicted octanol–water partition coefficient (Wildman–Crippen LogP) is 2.51. The standard InChI is InChI=1S/C9H11NO2.C2H6/c1-6(11)8-5-7(10)3-4-9(8)12-2;1-2/h3-5H,10H2,1-2H3;1-2H3. The monoisotopic (exact) mass is 195 g/mol. The number of carbonyl (C=O) groups is 1. The maximum absolute atomic E-state index is 11.0. The zero-order chi connectivity index (χ0) is 11.1. The molecule has 3 heteroatoms. The van der Waals surface area contributed by atoms with Crippen LogP contribution in [0.2, 0.25) is 0 Å². The molecule has 0 atom stereocenters. The largest absolute Gasteiger partial charge is 0.496 e. The van der Waals surface area contributed by atoms with Gasteiger partial charge in [-0.25, -0.2) is 0 Å². The molecule has 0 aliphatic heterocycles. The van der Waals surface area contributed by atoms with Gasteiger partial charge in [-0.2, -0.15) is 0 Å². The molecular weight excluding hydrogens is 178 g/mol. The topological polar surface area (TPSA) is 52.3 Å². The average Bonchev–Trinajstić information content (AvgIpc) is 2.20. The highest BCUT2D eigenvalue weighted by Crippen LogP contribution is 2.20. The lowest BCUT2D eigenvalue weighted by Gasteiger charge is -2.05. The molecule has 1 aromatic carbocycles. The van der Waals surface area contributed by atoms with Crippen LogP contribution in [-0.4, -0.2) is 12.9 Å². The third-order valence-electron chi connectivity index (χ3n) is 1.60. The second kappa shape index (κ2) is 6.02. The number of nitrogen functional groups attached to an aromatic ring is 1. The first-order valence-electron chi connectivity index (χ1n) is 4.59. The summed E-state index contributed by atoms with van der Waals surface area (Å²) >= 11 is 0. The van der Waals surface area contributed by atoms with Crippen molar-refractivity contribution in [2.45, 2.75) is 20.8 Å². The van der Waals surface area contributed by atoms with Gasteiger partial charge in [0.1, 0.15) is 5.75 Å². The minimum absolute atomic E-state index is 0.0425. The fraction of sp³-hybridized carbons (Fsp3) is 0.364. The van der Waals surface area contributed by atoms with Crippen molar-refractivity contribution >= 4 is 11.5 Å². The summed E-state index contributed by atoms with van der Waals surface area (Å²) in [7, 11) is 1.53. The molecule has 0 aromatic heterocycles. The van der Waals surface area contributed by atoms with E-state index in [9.17, 15) is 4.79 Å². The number of hydrogen-bond acceptors (Lipinski definition) is 3. The molecule has 78 valence electrons. The van der Waals surface area contributed by atoms with Crippen LogP contribution in [0.4, 0.5) is 5.69 Å². The van der Waals surface area contributed by atoms with E-state index in [0.717, 1.165) is 0 Å². The lowest BCUT2D eigenvalue weighted by molar-refractivity contribution is 0.101. The second-order valence-electron chi connectivity index (χ2n) is 2.52. The third kappa shape index (κ3) is 3.09. The first kappa shape index (κ1) is 12.5. The van der Waals surface area contributed by atoms with Crippen molar-refractivity contribution < 1.29 is 9.53 Å². The van der Waals surface area contributed by atoms with Gasteiger partial charge in [-0.3, -0.25) is 4.79 Å². The summed E-state index contributed by atoms with van der Waals surface area (Å²) < 4.78 is 4.99. The second-order valence-corrected chi connectivity index (χ2v) is 2.52. The average molecular weight is 195 g/mol. The van der Waals surface area contributed by atoms with Gasteiger partial charge in [0.25, 0.3) is 0 Å². The summed E-state index contributed by atoms with van der Waals surface area (Å²) in [4.78, 5) is 11.0. The van der Waals surface area contributed by atoms with E-state index in [2.05, 4.69) is 0 Å². The summed E-state index contributed by atoms with van der Waals surface area (Å²) in [5.41, 5.74) is 6.61. The highest BCUT2D eigenvalue weighted by atomic mass is 16.5. The van der Waals surface area contributed by atoms with Crippen molar-refractivity contribution in [1.29, 1.82) is 0 Å². The number of methoxy groups -OCH3 is 1. The van der Waals surface area contributed by atoms with Crippen molar-refractivity contribution in [3.8, 4) is 5.75 Å². The van der Waals surface area contributed by atoms with Crippen LogP contribution in [-0.2, 0) is 0 Å². The number of carbonyl (C=O) groups excluding carboxylic acids is 1. The number of hydrogen-bond donors (Lipinski definition) is 1. The number of ether oxygens (including phenoxy) is 1. The fourth-order valence-corrected chi connectivity index (χ4v) is 1.00. The van der Waals surface area contributed by atoms with E-state index in [1.807, 2.05) is 13.8 Å². The Labute approximate surface area is 84.9 Å². The van der Waals surface area contributed by atoms with Gasteiger partial charge in [-0.15, -0.1) is 0 Å². The van der Waals surface area contributed by atoms with Crippen molar-refractivity contribution in [2.75, 3.05) is 12.8 Å². The predicted molar refractivity (Wildman–Crippen MR) is 58.8 cm³/mol. The molecule has 0 aliphatic rings. The molecule has 1 aromatic rings. The fourth-order valence-electron chi connectivity index (χ4n) is 1.00. The molecule has 0 saturated carbocycles. The Morgan fingerprint density at radius 2 is 1.93 bits per heavy atom. The van der Waals surface area contributed by atoms with E-state index in [4.69, 9.17) is 10.5 Å². The highest BCUT2D eigenvalue weighted by molar-refractivity contribution is 5.97. The normalized spacial score (nSPS) is 8.57. The van der Waals surface area contributed by atoms with E-state index in [-0.39, 0.29) is 5.78 Å². The van der Waals surface area contributed by atoms with E-state index >= 15 is 0 Å². The smallest absolute Gasteiger partial charge is 0.163 e. The molecule has 0 amide bonds. The van der Waals surface area contributed by atoms with Gasteiger partial charge >= 0.3 is 0 Å². The molecule has 0 bridgehead atoms. The molecule has 0 heterocycles. The maximum Gasteiger partial charge on any atom is 0.163 e. The van der Waals surface area contributed by atoms with E-state index < -0.39 is 0 Å². The molecule has 0 spiro atoms. The van der Waals surface area contributed by atoms with Crippen LogP contribution in [0.25, 0.3) is 0 Å². The lowest BCUT2D eigenvalue weighted by Crippen LogP contribution is -1.98. The third-order valence-corrected chi connectivity index (χ3v) is 1.60. The molecule has 0 unspecified atom stereocenters. The van der Waals surface area contributed by atoms with Gasteiger partial charge < -0.3 is 10.5 Å². The van der Waals surface area contributed by atoms with Gasteiger partial charge in [0.15, 0.2) is 5.78 Å². The lowest BCUT2D eigenvalue weighted by atomic mass is 10.1. The van der Waals surface area contributed by atoms with Gasteiger partial charge in [0, 0.05) is 5.69 Å². The van der Waals surface area contributed by atoms with Crippen LogP contribution in [0.3, 0.4) is 0 Å². The molecule has 14 heavy (non-hydrogen) atoms. The number of rotatable bonds is 2. The van der Waals surface area contributed by atoms with Crippen LogP contribution in [0.1, 0.15) is 31.1 Å². The minimum Gasteiger partial charge on any atom is -0.496 e. The zero-order valence-corrected chi connectivity index (χ0v) is 9.13. The molecule has 0 saturated heterocycles. The SMILES string of the molecule is CC.COc1ccc(N)cc1C(C)=O. The number of ketones is 1. The number of nitrogens with two attached hydrogens (primary N) is 1. The zero-order valence-electron chi connectivity index (χ0n) is 9.13. The quantitative estimate of drug-likeness (QED) is 0.582. The Morgan fingerprint density at radius 1 is 1.36 bits per heavy atom. The van der Waals surface area contributed by atoms with Crippen molar-refractivity contribution in [2.24, 2.45) is 0 Å². The van der Waals surface area contributed by atoms with Crippen molar-refractivity contribution in [1.82, 2.24) is 0 Å². The Kier molecular flexibility index (Phi) is 5.37. The van der Waals surface area contributed by atoms with Crippen LogP contribution in [0.5, 0.6) is 5.75 Å². The summed E-state index contributed by atoms with van der Waals surface area (Å²) in [6.07, 6.45) is 0. The van der Waals surface area contributed by atoms with Gasteiger partial charge in [-0.1, -0.05) is 13.8 Å². The Morgan fingerprint density at radius 3 is 2.36 bits per heavy atom. The Hall–Kier alpha value is -1.51. The first-order chi connectivity index (χ1) is 6.65. The summed E-state index contributed by atoms with van der Waals surface area (Å²) in [6.45, 7) is 5.48. The van der Waals surface area contributed by atoms with E-state index in [0.29, 0.717) is 17.0 Å². The summed E-state index contributed by atoms with van der Waals surface area (Å²) in [5, 5.41) is 0. The summed E-state index contributed by atoms with van der Waals surface area (Å²) in [6, 6.07) is 5.00. The molecule has 0 radical (unpaired) electrons. The molecule has 2 N–H and O–H groups in total. The van der Waals surface area contributed by atoms with Gasteiger partial charge in [0.05, 0.1) is 12.7 Å². The molecule has 1 rings (SSSR count). The first-order valence-corrected chi connectivity index (χ1v) is 4.59. The Bertz CT molecular complexity index is 308. The Balaban J connectivity index is 0.000000791. The van der Waals surface area contributed by atoms with Gasteiger partial charge in [0.2, 0.25) is 0 Å². The van der Waals surface area contributed by atoms with Crippen LogP contribution in [0, 0.1) is 0 Å². The number of benzene rings is 1. The molecule has 3 nitrogen and oxygen atoms in total. The van der Waals surface area contributed by atoms with Crippen LogP contribution < -0.4 is 10.5 Å². The van der Waals surface area contributed by atoms with Crippen molar-refractivity contribution in [3.63, 3.8) is 0 Å². The van der Waals surface area contributed by atoms with Crippen LogP contribution >= 0.6 is 0 Å². The van der Waals surface area contributed by atoms with E-state index in [1.54, 1.807) is 18.2 Å². The maximum atomic E-state index is 11.0. The van der Waals surface area contributed by atoms with E-state index in [1.165, 1.54) is 14.0 Å². The van der Waals surface area contributed by atoms with Gasteiger partial charge in [-0.05, 0) is 25.1 Å².